The summed E-state index contributed by atoms with van der Waals surface area (Å²) in [5, 5.41) is 1.29. The van der Waals surface area contributed by atoms with Crippen LogP contribution in [0.1, 0.15) is 20.8 Å². The highest BCUT2D eigenvalue weighted by Crippen LogP contribution is 2.08. The summed E-state index contributed by atoms with van der Waals surface area (Å²) in [5.41, 5.74) is 2.70. The number of hydrogen-bond acceptors (Lipinski definition) is 4. The molecule has 1 saturated heterocycles. The second-order valence-electron chi connectivity index (χ2n) is 3.10. The summed E-state index contributed by atoms with van der Waals surface area (Å²) in [6.07, 6.45) is -0.792. The lowest BCUT2D eigenvalue weighted by Crippen LogP contribution is -2.42. The Balaban J connectivity index is 2.67. The summed E-state index contributed by atoms with van der Waals surface area (Å²) in [7, 11) is 0. The lowest BCUT2D eigenvalue weighted by atomic mass is 10.3. The Morgan fingerprint density at radius 2 is 2.15 bits per heavy atom. The standard InChI is InChI=1S/C8H14N2O3/c1-4-13-7-6(11)8(12)10(9-7)5(2)3/h5,7,9H,4H2,1-3H3. The first-order valence-corrected chi connectivity index (χ1v) is 4.33. The van der Waals surface area contributed by atoms with Crippen molar-refractivity contribution >= 4 is 11.7 Å². The van der Waals surface area contributed by atoms with Gasteiger partial charge in [-0.1, -0.05) is 0 Å². The van der Waals surface area contributed by atoms with Gasteiger partial charge >= 0.3 is 5.91 Å². The molecule has 13 heavy (non-hydrogen) atoms. The third-order valence-electron chi connectivity index (χ3n) is 1.77. The van der Waals surface area contributed by atoms with Crippen LogP contribution < -0.4 is 5.43 Å². The summed E-state index contributed by atoms with van der Waals surface area (Å²) in [5.74, 6) is -1.04. The van der Waals surface area contributed by atoms with Gasteiger partial charge in [0.25, 0.3) is 5.78 Å². The quantitative estimate of drug-likeness (QED) is 0.613. The van der Waals surface area contributed by atoms with E-state index in [0.29, 0.717) is 6.61 Å². The van der Waals surface area contributed by atoms with Crippen molar-refractivity contribution in [1.29, 1.82) is 0 Å². The molecule has 0 aromatic rings. The minimum Gasteiger partial charge on any atom is -0.354 e. The smallest absolute Gasteiger partial charge is 0.308 e. The zero-order valence-corrected chi connectivity index (χ0v) is 8.03. The van der Waals surface area contributed by atoms with E-state index in [0.717, 1.165) is 0 Å². The van der Waals surface area contributed by atoms with E-state index in [1.807, 2.05) is 13.8 Å². The maximum atomic E-state index is 11.3. The van der Waals surface area contributed by atoms with Crippen LogP contribution in [0.4, 0.5) is 0 Å². The highest BCUT2D eigenvalue weighted by molar-refractivity contribution is 6.39. The first-order chi connectivity index (χ1) is 6.07. The van der Waals surface area contributed by atoms with Crippen LogP contribution in [0.3, 0.4) is 0 Å². The van der Waals surface area contributed by atoms with Crippen molar-refractivity contribution in [3.8, 4) is 0 Å². The van der Waals surface area contributed by atoms with Crippen LogP contribution in [0.15, 0.2) is 0 Å². The molecule has 0 spiro atoms. The highest BCUT2D eigenvalue weighted by atomic mass is 16.5. The van der Waals surface area contributed by atoms with Crippen LogP contribution in [0.5, 0.6) is 0 Å². The number of nitrogens with one attached hydrogen (secondary N) is 1. The molecule has 5 nitrogen and oxygen atoms in total. The van der Waals surface area contributed by atoms with E-state index in [2.05, 4.69) is 5.43 Å². The van der Waals surface area contributed by atoms with Gasteiger partial charge in [-0.3, -0.25) is 14.6 Å². The van der Waals surface area contributed by atoms with Gasteiger partial charge in [0.2, 0.25) is 0 Å². The number of rotatable bonds is 3. The van der Waals surface area contributed by atoms with Crippen LogP contribution in [0.2, 0.25) is 0 Å². The number of nitrogens with zero attached hydrogens (tertiary/aromatic N) is 1. The Morgan fingerprint density at radius 3 is 2.54 bits per heavy atom. The Labute approximate surface area is 77.0 Å². The van der Waals surface area contributed by atoms with Gasteiger partial charge in [-0.15, -0.1) is 0 Å². The molecule has 0 aromatic carbocycles. The maximum Gasteiger partial charge on any atom is 0.308 e. The summed E-state index contributed by atoms with van der Waals surface area (Å²) in [6.45, 7) is 5.83. The van der Waals surface area contributed by atoms with Crippen molar-refractivity contribution in [1.82, 2.24) is 10.4 Å². The number of ketones is 1. The van der Waals surface area contributed by atoms with Crippen molar-refractivity contribution in [2.24, 2.45) is 0 Å². The zero-order chi connectivity index (χ0) is 10.0. The second-order valence-corrected chi connectivity index (χ2v) is 3.10. The van der Waals surface area contributed by atoms with Crippen LogP contribution >= 0.6 is 0 Å². The van der Waals surface area contributed by atoms with E-state index >= 15 is 0 Å². The Morgan fingerprint density at radius 1 is 1.54 bits per heavy atom. The van der Waals surface area contributed by atoms with Gasteiger partial charge in [0.1, 0.15) is 0 Å². The Hall–Kier alpha value is -0.940. The first kappa shape index (κ1) is 10.1. The lowest BCUT2D eigenvalue weighted by molar-refractivity contribution is -0.143. The second kappa shape index (κ2) is 3.85. The molecule has 0 bridgehead atoms. The molecule has 5 heteroatoms. The number of ether oxygens (including phenoxy) is 1. The van der Waals surface area contributed by atoms with Crippen LogP contribution in [-0.4, -0.2) is 35.6 Å². The van der Waals surface area contributed by atoms with Crippen LogP contribution in [-0.2, 0) is 14.3 Å². The summed E-state index contributed by atoms with van der Waals surface area (Å²) in [6, 6.07) is -0.0399. The van der Waals surface area contributed by atoms with Gasteiger partial charge in [-0.2, -0.15) is 5.43 Å². The van der Waals surface area contributed by atoms with Crippen molar-refractivity contribution in [3.05, 3.63) is 0 Å². The van der Waals surface area contributed by atoms with Gasteiger partial charge in [0.15, 0.2) is 6.23 Å². The van der Waals surface area contributed by atoms with E-state index < -0.39 is 17.9 Å². The summed E-state index contributed by atoms with van der Waals surface area (Å²) < 4.78 is 5.04. The number of carbonyl (C=O) groups excluding carboxylic acids is 2. The predicted octanol–water partition coefficient (Wildman–Crippen LogP) is -0.327. The van der Waals surface area contributed by atoms with Crippen molar-refractivity contribution in [3.63, 3.8) is 0 Å². The van der Waals surface area contributed by atoms with Gasteiger partial charge < -0.3 is 4.74 Å². The average molecular weight is 186 g/mol. The molecule has 74 valence electrons. The van der Waals surface area contributed by atoms with Crippen LogP contribution in [0.25, 0.3) is 0 Å². The monoisotopic (exact) mass is 186 g/mol. The number of amides is 1. The Bertz CT molecular complexity index is 227. The van der Waals surface area contributed by atoms with E-state index in [1.165, 1.54) is 5.01 Å². The molecular formula is C8H14N2O3. The Kier molecular flexibility index (Phi) is 3.00. The average Bonchev–Trinajstić information content (AvgIpc) is 2.33. The lowest BCUT2D eigenvalue weighted by Gasteiger charge is -2.20. The first-order valence-electron chi connectivity index (χ1n) is 4.33. The van der Waals surface area contributed by atoms with Crippen molar-refractivity contribution in [2.45, 2.75) is 33.0 Å². The summed E-state index contributed by atoms with van der Waals surface area (Å²) >= 11 is 0. The third-order valence-corrected chi connectivity index (χ3v) is 1.77. The fraction of sp³-hybridized carbons (Fsp3) is 0.750. The van der Waals surface area contributed by atoms with Crippen molar-refractivity contribution in [2.75, 3.05) is 6.61 Å². The molecule has 0 aliphatic carbocycles. The summed E-state index contributed by atoms with van der Waals surface area (Å²) in [4.78, 5) is 22.5. The largest absolute Gasteiger partial charge is 0.354 e. The van der Waals surface area contributed by atoms with Crippen molar-refractivity contribution < 1.29 is 14.3 Å². The van der Waals surface area contributed by atoms with E-state index in [-0.39, 0.29) is 6.04 Å². The van der Waals surface area contributed by atoms with E-state index in [9.17, 15) is 9.59 Å². The molecule has 1 fully saturated rings. The normalized spacial score (nSPS) is 23.4. The molecule has 1 N–H and O–H groups in total. The van der Waals surface area contributed by atoms with Gasteiger partial charge in [-0.25, -0.2) is 0 Å². The number of carbonyl (C=O) groups is 2. The molecule has 0 saturated carbocycles. The minimum absolute atomic E-state index is 0.0399. The fourth-order valence-electron chi connectivity index (χ4n) is 1.14. The molecule has 1 rings (SSSR count). The van der Waals surface area contributed by atoms with Crippen LogP contribution in [0, 0.1) is 0 Å². The molecular weight excluding hydrogens is 172 g/mol. The number of hydrazine groups is 1. The third kappa shape index (κ3) is 1.87. The zero-order valence-electron chi connectivity index (χ0n) is 8.03. The molecule has 1 amide bonds. The number of Topliss-reactive ketones (excluding diaryl/α,β-unsaturated/α-hetero) is 1. The van der Waals surface area contributed by atoms with Gasteiger partial charge in [0, 0.05) is 12.6 Å². The molecule has 0 radical (unpaired) electrons. The molecule has 1 aliphatic heterocycles. The topological polar surface area (TPSA) is 58.6 Å². The minimum atomic E-state index is -0.792. The number of hydrogen-bond donors (Lipinski definition) is 1. The molecule has 1 heterocycles. The molecule has 1 aliphatic rings. The predicted molar refractivity (Wildman–Crippen MR) is 45.5 cm³/mol. The SMILES string of the molecule is CCOC1NN(C(C)C)C(=O)C1=O. The van der Waals surface area contributed by atoms with Gasteiger partial charge in [-0.05, 0) is 20.8 Å². The molecule has 0 aromatic heterocycles. The molecule has 1 atom stereocenters. The van der Waals surface area contributed by atoms with E-state index in [1.54, 1.807) is 6.92 Å². The van der Waals surface area contributed by atoms with Gasteiger partial charge in [0.05, 0.1) is 0 Å². The maximum absolute atomic E-state index is 11.3. The van der Waals surface area contributed by atoms with E-state index in [4.69, 9.17) is 4.74 Å². The molecule has 1 unspecified atom stereocenters. The highest BCUT2D eigenvalue weighted by Gasteiger charge is 2.40. The fourth-order valence-corrected chi connectivity index (χ4v) is 1.14.